The zero-order chi connectivity index (χ0) is 41.8. The van der Waals surface area contributed by atoms with Crippen LogP contribution in [0, 0.1) is 0 Å². The van der Waals surface area contributed by atoms with E-state index in [-0.39, 0.29) is 46.4 Å². The molecule has 0 saturated heterocycles. The predicted octanol–water partition coefficient (Wildman–Crippen LogP) is 11.0. The Kier molecular flexibility index (Phi) is 15.1. The van der Waals surface area contributed by atoms with Crippen LogP contribution in [-0.2, 0) is 63.3 Å². The SMILES string of the molecule is CC(CC(C)(C)OOC(C)(C)CC(C)OC(=O)CCc1cc(C(C)(C)C)c(O)c(C(C)(C)C)c1)OC(=O)CCc1cc(C(C)(C)C)c(O)c(C(C)(C)C)c1. The van der Waals surface area contributed by atoms with Crippen LogP contribution in [0.3, 0.4) is 0 Å². The number of ether oxygens (including phenoxy) is 2. The fraction of sp³-hybridized carbons (Fsp3) is 0.696. The van der Waals surface area contributed by atoms with Crippen LogP contribution in [0.2, 0.25) is 0 Å². The molecule has 0 fully saturated rings. The molecule has 2 atom stereocenters. The van der Waals surface area contributed by atoms with Gasteiger partial charge >= 0.3 is 11.9 Å². The first-order valence-corrected chi connectivity index (χ1v) is 19.7. The smallest absolute Gasteiger partial charge is 0.306 e. The first-order chi connectivity index (χ1) is 24.2. The number of carbonyl (C=O) groups is 2. The van der Waals surface area contributed by atoms with Crippen molar-refractivity contribution in [1.82, 2.24) is 0 Å². The summed E-state index contributed by atoms with van der Waals surface area (Å²) in [6.07, 6.45) is 1.43. The number of esters is 2. The summed E-state index contributed by atoms with van der Waals surface area (Å²) < 4.78 is 11.6. The lowest BCUT2D eigenvalue weighted by atomic mass is 9.78. The van der Waals surface area contributed by atoms with Crippen molar-refractivity contribution < 1.29 is 39.1 Å². The summed E-state index contributed by atoms with van der Waals surface area (Å²) in [5.41, 5.74) is 2.96. The van der Waals surface area contributed by atoms with Gasteiger partial charge in [-0.25, -0.2) is 9.78 Å². The third-order valence-corrected chi connectivity index (χ3v) is 9.52. The summed E-state index contributed by atoms with van der Waals surface area (Å²) in [6.45, 7) is 36.1. The van der Waals surface area contributed by atoms with Gasteiger partial charge in [-0.2, -0.15) is 0 Å². The molecule has 8 heteroatoms. The Morgan fingerprint density at radius 3 is 0.963 bits per heavy atom. The van der Waals surface area contributed by atoms with Gasteiger partial charge in [0.05, 0.1) is 0 Å². The van der Waals surface area contributed by atoms with Crippen molar-refractivity contribution in [2.45, 2.75) is 208 Å². The number of phenols is 2. The molecule has 8 nitrogen and oxygen atoms in total. The maximum Gasteiger partial charge on any atom is 0.306 e. The van der Waals surface area contributed by atoms with Gasteiger partial charge in [-0.05, 0) is 109 Å². The minimum atomic E-state index is -0.765. The van der Waals surface area contributed by atoms with Gasteiger partial charge in [-0.1, -0.05) is 107 Å². The Hall–Kier alpha value is -3.10. The van der Waals surface area contributed by atoms with Crippen LogP contribution < -0.4 is 0 Å². The second kappa shape index (κ2) is 17.4. The zero-order valence-corrected chi connectivity index (χ0v) is 37.1. The molecule has 0 amide bonds. The monoisotopic (exact) mass is 755 g/mol. The van der Waals surface area contributed by atoms with Crippen LogP contribution in [0.1, 0.15) is 184 Å². The van der Waals surface area contributed by atoms with Gasteiger partial charge in [0.15, 0.2) is 0 Å². The molecule has 0 spiro atoms. The van der Waals surface area contributed by atoms with E-state index in [4.69, 9.17) is 19.2 Å². The number of phenolic OH excluding ortho intramolecular Hbond substituents is 2. The molecule has 2 unspecified atom stereocenters. The molecule has 2 aromatic rings. The van der Waals surface area contributed by atoms with Gasteiger partial charge < -0.3 is 19.7 Å². The van der Waals surface area contributed by atoms with Crippen molar-refractivity contribution >= 4 is 11.9 Å². The van der Waals surface area contributed by atoms with Crippen molar-refractivity contribution in [3.63, 3.8) is 0 Å². The van der Waals surface area contributed by atoms with Gasteiger partial charge in [-0.3, -0.25) is 9.59 Å². The quantitative estimate of drug-likeness (QED) is 0.105. The van der Waals surface area contributed by atoms with Crippen LogP contribution in [-0.4, -0.2) is 45.6 Å². The van der Waals surface area contributed by atoms with Gasteiger partial charge in [0, 0.05) is 25.7 Å². The molecule has 0 saturated carbocycles. The highest BCUT2D eigenvalue weighted by Crippen LogP contribution is 2.41. The van der Waals surface area contributed by atoms with Gasteiger partial charge in [0.1, 0.15) is 34.9 Å². The Balaban J connectivity index is 1.91. The molecule has 0 aliphatic heterocycles. The van der Waals surface area contributed by atoms with Crippen LogP contribution in [0.15, 0.2) is 24.3 Å². The number of rotatable bonds is 15. The normalized spacial score (nSPS) is 14.5. The highest BCUT2D eigenvalue weighted by atomic mass is 17.2. The second-order valence-corrected chi connectivity index (χ2v) is 20.8. The van der Waals surface area contributed by atoms with Crippen LogP contribution in [0.25, 0.3) is 0 Å². The van der Waals surface area contributed by atoms with E-state index in [0.29, 0.717) is 37.2 Å². The third kappa shape index (κ3) is 14.5. The van der Waals surface area contributed by atoms with E-state index in [1.54, 1.807) is 0 Å². The maximum atomic E-state index is 12.9. The fourth-order valence-electron chi connectivity index (χ4n) is 6.78. The van der Waals surface area contributed by atoms with Crippen molar-refractivity contribution in [2.24, 2.45) is 0 Å². The van der Waals surface area contributed by atoms with E-state index in [9.17, 15) is 19.8 Å². The molecule has 0 aliphatic rings. The van der Waals surface area contributed by atoms with E-state index in [0.717, 1.165) is 33.4 Å². The summed E-state index contributed by atoms with van der Waals surface area (Å²) in [7, 11) is 0. The van der Waals surface area contributed by atoms with Crippen LogP contribution in [0.4, 0.5) is 0 Å². The minimum Gasteiger partial charge on any atom is -0.507 e. The Bertz CT molecular complexity index is 1400. The lowest BCUT2D eigenvalue weighted by molar-refractivity contribution is -0.406. The molecule has 306 valence electrons. The molecule has 0 aliphatic carbocycles. The molecule has 0 heterocycles. The van der Waals surface area contributed by atoms with Gasteiger partial charge in [-0.15, -0.1) is 0 Å². The van der Waals surface area contributed by atoms with Crippen molar-refractivity contribution in [1.29, 1.82) is 0 Å². The van der Waals surface area contributed by atoms with E-state index in [1.165, 1.54) is 0 Å². The standard InChI is InChI=1S/C46H74O8/c1-29(51-37(47)21-19-31-23-33(41(3,4)5)39(49)34(24-31)42(6,7)8)27-45(15,16)53-54-46(17,18)28-30(2)52-38(48)22-20-32-25-35(43(9,10)11)40(50)36(26-32)44(12,13)14/h23-26,29-30,49-50H,19-22,27-28H2,1-18H3. The Morgan fingerprint density at radius 2 is 0.741 bits per heavy atom. The molecular formula is C46H74O8. The molecule has 2 N–H and O–H groups in total. The van der Waals surface area contributed by atoms with Gasteiger partial charge in [0.25, 0.3) is 0 Å². The highest BCUT2D eigenvalue weighted by molar-refractivity contribution is 5.70. The minimum absolute atomic E-state index is 0.217. The number of hydrogen-bond donors (Lipinski definition) is 2. The molecule has 0 radical (unpaired) electrons. The number of benzene rings is 2. The summed E-state index contributed by atoms with van der Waals surface area (Å²) >= 11 is 0. The summed E-state index contributed by atoms with van der Waals surface area (Å²) in [6, 6.07) is 8.01. The van der Waals surface area contributed by atoms with E-state index in [1.807, 2.05) is 65.8 Å². The molecule has 2 rings (SSSR count). The van der Waals surface area contributed by atoms with E-state index in [2.05, 4.69) is 83.1 Å². The van der Waals surface area contributed by atoms with Gasteiger partial charge in [0.2, 0.25) is 0 Å². The Morgan fingerprint density at radius 1 is 0.500 bits per heavy atom. The van der Waals surface area contributed by atoms with Crippen LogP contribution in [0.5, 0.6) is 11.5 Å². The lowest BCUT2D eigenvalue weighted by Gasteiger charge is -2.33. The largest absolute Gasteiger partial charge is 0.507 e. The average Bonchev–Trinajstić information content (AvgIpc) is 2.96. The molecule has 54 heavy (non-hydrogen) atoms. The predicted molar refractivity (Wildman–Crippen MR) is 218 cm³/mol. The number of hydrogen-bond acceptors (Lipinski definition) is 8. The summed E-state index contributed by atoms with van der Waals surface area (Å²) in [5, 5.41) is 22.1. The highest BCUT2D eigenvalue weighted by Gasteiger charge is 2.32. The number of aryl methyl sites for hydroxylation is 2. The molecule has 2 aromatic carbocycles. The first-order valence-electron chi connectivity index (χ1n) is 19.7. The van der Waals surface area contributed by atoms with E-state index >= 15 is 0 Å². The number of carbonyl (C=O) groups excluding carboxylic acids is 2. The average molecular weight is 755 g/mol. The molecule has 0 aromatic heterocycles. The fourth-order valence-corrected chi connectivity index (χ4v) is 6.78. The summed E-state index contributed by atoms with van der Waals surface area (Å²) in [5.74, 6) is 0.0501. The Labute approximate surface area is 327 Å². The molecule has 0 bridgehead atoms. The molecular weight excluding hydrogens is 680 g/mol. The van der Waals surface area contributed by atoms with Crippen molar-refractivity contribution in [3.8, 4) is 11.5 Å². The topological polar surface area (TPSA) is 112 Å². The van der Waals surface area contributed by atoms with E-state index < -0.39 is 23.4 Å². The second-order valence-electron chi connectivity index (χ2n) is 20.8. The zero-order valence-electron chi connectivity index (χ0n) is 37.1. The number of aromatic hydroxyl groups is 2. The first kappa shape index (κ1) is 47.1. The summed E-state index contributed by atoms with van der Waals surface area (Å²) in [4.78, 5) is 37.6. The van der Waals surface area contributed by atoms with Crippen molar-refractivity contribution in [3.05, 3.63) is 57.6 Å². The lowest BCUT2D eigenvalue weighted by Crippen LogP contribution is -2.37. The maximum absolute atomic E-state index is 12.9. The van der Waals surface area contributed by atoms with Crippen LogP contribution >= 0.6 is 0 Å². The van der Waals surface area contributed by atoms with Crippen molar-refractivity contribution in [2.75, 3.05) is 0 Å². The third-order valence-electron chi connectivity index (χ3n) is 9.52.